The predicted molar refractivity (Wildman–Crippen MR) is 300 cm³/mol. The Balaban J connectivity index is 1.53. The molecule has 0 saturated heterocycles. The van der Waals surface area contributed by atoms with Gasteiger partial charge in [0, 0.05) is 32.7 Å². The Hall–Kier alpha value is -7.55. The Morgan fingerprint density at radius 2 is 0.636 bits per heavy atom. The summed E-state index contributed by atoms with van der Waals surface area (Å²) in [6, 6.07) is 31.9. The minimum Gasteiger partial charge on any atom is -0.507 e. The van der Waals surface area contributed by atoms with Gasteiger partial charge >= 0.3 is 0 Å². The van der Waals surface area contributed by atoms with E-state index in [0.29, 0.717) is 70.8 Å². The number of aromatic hydroxyl groups is 5. The Labute approximate surface area is 454 Å². The van der Waals surface area contributed by atoms with Crippen LogP contribution >= 0.6 is 0 Å². The molecule has 0 aromatic heterocycles. The molecule has 5 rings (SSSR count). The molecule has 0 heterocycles. The summed E-state index contributed by atoms with van der Waals surface area (Å²) in [6.45, 7) is 3.65. The Bertz CT molecular complexity index is 2510. The summed E-state index contributed by atoms with van der Waals surface area (Å²) in [6.07, 6.45) is 14.1. The number of benzene rings is 5. The third-order valence-corrected chi connectivity index (χ3v) is 14.5. The molecule has 5 amide bonds. The van der Waals surface area contributed by atoms with Crippen molar-refractivity contribution in [1.82, 2.24) is 26.6 Å². The number of carbonyl (C=O) groups excluding carboxylic acids is 5. The summed E-state index contributed by atoms with van der Waals surface area (Å²) in [4.78, 5) is 67.2. The van der Waals surface area contributed by atoms with Crippen molar-refractivity contribution in [2.45, 2.75) is 122 Å². The first-order valence-electron chi connectivity index (χ1n) is 27.5. The normalized spacial score (nSPS) is 11.7. The van der Waals surface area contributed by atoms with Gasteiger partial charge in [-0.1, -0.05) is 113 Å². The van der Waals surface area contributed by atoms with Crippen molar-refractivity contribution in [3.05, 3.63) is 155 Å². The van der Waals surface area contributed by atoms with Gasteiger partial charge in [0.05, 0.1) is 27.8 Å². The van der Waals surface area contributed by atoms with Crippen molar-refractivity contribution in [3.8, 4) is 28.7 Å². The number of hydrogen-bond donors (Lipinski definition) is 10. The zero-order valence-electron chi connectivity index (χ0n) is 44.7. The maximum absolute atomic E-state index is 13.5. The van der Waals surface area contributed by atoms with Gasteiger partial charge in [-0.2, -0.15) is 0 Å². The fourth-order valence-corrected chi connectivity index (χ4v) is 10.4. The molecule has 0 aliphatic heterocycles. The van der Waals surface area contributed by atoms with Gasteiger partial charge in [0.2, 0.25) is 0 Å². The molecule has 1 radical (unpaired) electrons. The first kappa shape index (κ1) is 60.3. The van der Waals surface area contributed by atoms with E-state index in [2.05, 4.69) is 33.5 Å². The predicted octanol–water partition coefficient (Wildman–Crippen LogP) is 10.9. The highest BCUT2D eigenvalue weighted by Crippen LogP contribution is 2.53. The molecule has 5 aromatic carbocycles. The SMILES string of the molecule is CCCCCCCCCC(CCCNC(=O)c1ccccc1O)C(CCCNC(=O)c1ccccc1O)(CCCNC(=O)c1ccccc1O)[C](CCCNC(=O)c1ccccc1O)CCCNC(=O)c1ccccc1O. The van der Waals surface area contributed by atoms with Gasteiger partial charge in [0.1, 0.15) is 28.7 Å². The average Bonchev–Trinajstić information content (AvgIpc) is 3.43. The van der Waals surface area contributed by atoms with Crippen LogP contribution in [-0.4, -0.2) is 87.8 Å². The number of carbonyl (C=O) groups is 5. The van der Waals surface area contributed by atoms with E-state index in [-0.39, 0.29) is 94.6 Å². The van der Waals surface area contributed by atoms with E-state index < -0.39 is 29.0 Å². The van der Waals surface area contributed by atoms with Crippen LogP contribution in [0.3, 0.4) is 0 Å². The molecular formula is C62H80N5O10. The topological polar surface area (TPSA) is 247 Å². The first-order valence-corrected chi connectivity index (χ1v) is 27.5. The van der Waals surface area contributed by atoms with Gasteiger partial charge in [0.25, 0.3) is 29.5 Å². The van der Waals surface area contributed by atoms with Gasteiger partial charge in [-0.15, -0.1) is 0 Å². The summed E-state index contributed by atoms with van der Waals surface area (Å²) in [5, 5.41) is 67.6. The zero-order valence-corrected chi connectivity index (χ0v) is 44.7. The van der Waals surface area contributed by atoms with Gasteiger partial charge < -0.3 is 52.1 Å². The van der Waals surface area contributed by atoms with Gasteiger partial charge in [0.15, 0.2) is 0 Å². The second-order valence-electron chi connectivity index (χ2n) is 19.8. The summed E-state index contributed by atoms with van der Waals surface area (Å²) >= 11 is 0. The van der Waals surface area contributed by atoms with E-state index >= 15 is 0 Å². The van der Waals surface area contributed by atoms with Crippen LogP contribution in [0.5, 0.6) is 28.7 Å². The van der Waals surface area contributed by atoms with Crippen molar-refractivity contribution >= 4 is 29.5 Å². The lowest BCUT2D eigenvalue weighted by Gasteiger charge is -2.48. The third kappa shape index (κ3) is 19.2. The van der Waals surface area contributed by atoms with Crippen molar-refractivity contribution < 1.29 is 49.5 Å². The molecule has 1 atom stereocenters. The lowest BCUT2D eigenvalue weighted by atomic mass is 9.57. The van der Waals surface area contributed by atoms with E-state index in [9.17, 15) is 49.5 Å². The molecule has 0 spiro atoms. The summed E-state index contributed by atoms with van der Waals surface area (Å²) in [5.41, 5.74) is 0.237. The number of unbranched alkanes of at least 4 members (excludes halogenated alkanes) is 6. The van der Waals surface area contributed by atoms with Crippen LogP contribution in [0.1, 0.15) is 174 Å². The maximum atomic E-state index is 13.5. The summed E-state index contributed by atoms with van der Waals surface area (Å²) in [7, 11) is 0. The average molecular weight is 1060 g/mol. The van der Waals surface area contributed by atoms with Gasteiger partial charge in [-0.3, -0.25) is 24.0 Å². The van der Waals surface area contributed by atoms with Crippen LogP contribution < -0.4 is 26.6 Å². The number of nitrogens with one attached hydrogen (secondary N) is 5. The number of phenols is 5. The fourth-order valence-electron chi connectivity index (χ4n) is 10.4. The number of hydrogen-bond acceptors (Lipinski definition) is 10. The molecule has 10 N–H and O–H groups in total. The molecule has 77 heavy (non-hydrogen) atoms. The molecular weight excluding hydrogens is 975 g/mol. The van der Waals surface area contributed by atoms with Crippen LogP contribution in [0.15, 0.2) is 121 Å². The third-order valence-electron chi connectivity index (χ3n) is 14.5. The molecule has 1 unspecified atom stereocenters. The Morgan fingerprint density at radius 1 is 0.364 bits per heavy atom. The standard InChI is InChI=1S/C62H80N5O10/c1-2-3-4-5-6-7-8-24-45(25-19-40-63-57(73)47-28-9-14-33-52(47)68)62(38-22-43-66-60(76)50-31-12-17-36-55(50)71,39-23-44-67-61(77)51-32-13-18-37-56(51)72)46(26-20-41-64-58(74)48-29-10-15-34-53(48)69)27-21-42-65-59(75)49-30-11-16-35-54(49)70/h9-18,28-37,45,68-72H,2-8,19-27,38-44H2,1H3,(H,63,73)(H,64,74)(H,65,75)(H,66,76)(H,67,77). The van der Waals surface area contributed by atoms with Gasteiger partial charge in [-0.25, -0.2) is 0 Å². The van der Waals surface area contributed by atoms with E-state index in [4.69, 9.17) is 0 Å². The lowest BCUT2D eigenvalue weighted by Crippen LogP contribution is -2.40. The number of phenolic OH excluding ortho intramolecular Hbond substituents is 5. The Kier molecular flexibility index (Phi) is 25.7. The number of amides is 5. The molecule has 413 valence electrons. The fraction of sp³-hybridized carbons (Fsp3) is 0.419. The minimum absolute atomic E-state index is 0.00428. The van der Waals surface area contributed by atoms with Gasteiger partial charge in [-0.05, 0) is 149 Å². The second kappa shape index (κ2) is 32.8. The van der Waals surface area contributed by atoms with Crippen molar-refractivity contribution in [1.29, 1.82) is 0 Å². The van der Waals surface area contributed by atoms with E-state index in [1.54, 1.807) is 91.0 Å². The monoisotopic (exact) mass is 1050 g/mol. The molecule has 0 fully saturated rings. The highest BCUT2D eigenvalue weighted by molar-refractivity contribution is 5.98. The van der Waals surface area contributed by atoms with Crippen LogP contribution in [0.25, 0.3) is 0 Å². The Morgan fingerprint density at radius 3 is 0.961 bits per heavy atom. The summed E-state index contributed by atoms with van der Waals surface area (Å²) in [5.74, 6) is -1.47. The molecule has 5 aromatic rings. The quantitative estimate of drug-likeness (QED) is 0.0172. The van der Waals surface area contributed by atoms with E-state index in [1.165, 1.54) is 42.7 Å². The number of para-hydroxylation sites is 5. The number of rotatable bonds is 35. The van der Waals surface area contributed by atoms with Crippen LogP contribution in [-0.2, 0) is 0 Å². The molecule has 15 nitrogen and oxygen atoms in total. The molecule has 0 bridgehead atoms. The maximum Gasteiger partial charge on any atom is 0.255 e. The zero-order chi connectivity index (χ0) is 55.3. The largest absolute Gasteiger partial charge is 0.507 e. The van der Waals surface area contributed by atoms with E-state index in [1.807, 2.05) is 0 Å². The summed E-state index contributed by atoms with van der Waals surface area (Å²) < 4.78 is 0. The molecule has 0 saturated carbocycles. The van der Waals surface area contributed by atoms with Crippen LogP contribution in [0.4, 0.5) is 0 Å². The lowest BCUT2D eigenvalue weighted by molar-refractivity contribution is 0.0875. The first-order chi connectivity index (χ1) is 37.4. The molecule has 0 aliphatic rings. The van der Waals surface area contributed by atoms with E-state index in [0.717, 1.165) is 44.9 Å². The van der Waals surface area contributed by atoms with Crippen molar-refractivity contribution in [2.75, 3.05) is 32.7 Å². The van der Waals surface area contributed by atoms with Crippen molar-refractivity contribution in [3.63, 3.8) is 0 Å². The van der Waals surface area contributed by atoms with Crippen molar-refractivity contribution in [2.24, 2.45) is 11.3 Å². The minimum atomic E-state index is -0.577. The van der Waals surface area contributed by atoms with Crippen LogP contribution in [0.2, 0.25) is 0 Å². The highest BCUT2D eigenvalue weighted by atomic mass is 16.3. The molecule has 15 heteroatoms. The van der Waals surface area contributed by atoms with Crippen LogP contribution in [0, 0.1) is 17.3 Å². The molecule has 0 aliphatic carbocycles. The smallest absolute Gasteiger partial charge is 0.255 e. The highest BCUT2D eigenvalue weighted by Gasteiger charge is 2.43. The second-order valence-corrected chi connectivity index (χ2v) is 19.8.